The van der Waals surface area contributed by atoms with Gasteiger partial charge in [-0.3, -0.25) is 4.79 Å². The van der Waals surface area contributed by atoms with E-state index in [-0.39, 0.29) is 5.91 Å². The second kappa shape index (κ2) is 16.0. The van der Waals surface area contributed by atoms with Crippen LogP contribution in [0.2, 0.25) is 0 Å². The number of amides is 1. The number of hydrogen-bond acceptors (Lipinski definition) is 8. The van der Waals surface area contributed by atoms with E-state index in [9.17, 15) is 4.79 Å². The lowest BCUT2D eigenvalue weighted by atomic mass is 9.94. The summed E-state index contributed by atoms with van der Waals surface area (Å²) < 4.78 is 20.9. The van der Waals surface area contributed by atoms with Crippen LogP contribution in [-0.4, -0.2) is 39.6 Å². The minimum absolute atomic E-state index is 0.280. The Kier molecular flexibility index (Phi) is 11.8. The number of carbonyl (C=O) groups is 1. The third-order valence-electron chi connectivity index (χ3n) is 8.21. The van der Waals surface area contributed by atoms with E-state index >= 15 is 0 Å². The Bertz CT molecular complexity index is 1820. The molecule has 0 aliphatic carbocycles. The van der Waals surface area contributed by atoms with Gasteiger partial charge in [-0.1, -0.05) is 49.4 Å². The Morgan fingerprint density at radius 3 is 2.44 bits per heavy atom. The lowest BCUT2D eigenvalue weighted by molar-refractivity contribution is -0.113. The number of ether oxygens (including phenoxy) is 3. The number of aromatic nitrogens is 3. The van der Waals surface area contributed by atoms with Gasteiger partial charge in [0.05, 0.1) is 28.9 Å². The van der Waals surface area contributed by atoms with Crippen molar-refractivity contribution in [2.75, 3.05) is 29.6 Å². The summed E-state index contributed by atoms with van der Waals surface area (Å²) in [5, 5.41) is 12.0. The maximum atomic E-state index is 14.3. The molecule has 4 aromatic rings. The summed E-state index contributed by atoms with van der Waals surface area (Å²) in [5.74, 6) is 2.97. The molecule has 0 bridgehead atoms. The highest BCUT2D eigenvalue weighted by Gasteiger charge is 2.36. The quantitative estimate of drug-likeness (QED) is 0.0978. The van der Waals surface area contributed by atoms with E-state index in [0.717, 1.165) is 29.7 Å². The van der Waals surface area contributed by atoms with Crippen molar-refractivity contribution >= 4 is 45.2 Å². The highest BCUT2D eigenvalue weighted by molar-refractivity contribution is 9.10. The van der Waals surface area contributed by atoms with Crippen LogP contribution in [0.15, 0.2) is 69.4 Å². The third-order valence-corrected chi connectivity index (χ3v) is 9.73. The van der Waals surface area contributed by atoms with E-state index in [1.807, 2.05) is 57.2 Å². The number of benzene rings is 3. The monoisotopic (exact) mass is 733 g/mol. The van der Waals surface area contributed by atoms with Gasteiger partial charge in [-0.25, -0.2) is 4.68 Å². The standard InChI is InChI=1S/C37H44BrN5O4S/c1-8-11-16-48-37-41-36-39-25(7)32(35(44)40-29-14-12-13-15-30(29)45-9-2)33(43(36)42-37)26-19-28(38)34(31(20-26)46-10-3)47-21-27-18-23(5)22(4)17-24(27)6/h12-15,17-20,33H,8-11,16,21H2,1-7H3,(H,40,44)(H,39,41,42). The van der Waals surface area contributed by atoms with Gasteiger partial charge in [-0.2, -0.15) is 4.98 Å². The van der Waals surface area contributed by atoms with E-state index in [4.69, 9.17) is 24.3 Å². The zero-order chi connectivity index (χ0) is 34.4. The molecule has 5 rings (SSSR count). The molecule has 1 unspecified atom stereocenters. The number of carbonyl (C=O) groups excluding carboxylic acids is 1. The van der Waals surface area contributed by atoms with Crippen LogP contribution >= 0.6 is 27.7 Å². The average Bonchev–Trinajstić information content (AvgIpc) is 3.45. The molecule has 2 N–H and O–H groups in total. The summed E-state index contributed by atoms with van der Waals surface area (Å²) in [6.07, 6.45) is 2.14. The van der Waals surface area contributed by atoms with Gasteiger partial charge in [-0.15, -0.1) is 5.10 Å². The minimum Gasteiger partial charge on any atom is -0.492 e. The van der Waals surface area contributed by atoms with Crippen LogP contribution in [0.3, 0.4) is 0 Å². The van der Waals surface area contributed by atoms with Crippen LogP contribution in [0.5, 0.6) is 17.2 Å². The second-order valence-corrected chi connectivity index (χ2v) is 13.6. The fraction of sp³-hybridized carbons (Fsp3) is 0.378. The van der Waals surface area contributed by atoms with E-state index < -0.39 is 6.04 Å². The molecule has 9 nitrogen and oxygen atoms in total. The Morgan fingerprint density at radius 1 is 0.958 bits per heavy atom. The zero-order valence-electron chi connectivity index (χ0n) is 28.7. The van der Waals surface area contributed by atoms with Crippen molar-refractivity contribution in [3.63, 3.8) is 0 Å². The molecule has 0 radical (unpaired) electrons. The first-order chi connectivity index (χ1) is 23.1. The average molecular weight is 735 g/mol. The van der Waals surface area contributed by atoms with E-state index in [2.05, 4.69) is 66.4 Å². The third kappa shape index (κ3) is 7.84. The number of thioether (sulfide) groups is 1. The smallest absolute Gasteiger partial charge is 0.255 e. The second-order valence-electron chi connectivity index (χ2n) is 11.7. The van der Waals surface area contributed by atoms with Crippen molar-refractivity contribution in [2.45, 2.75) is 79.1 Å². The maximum Gasteiger partial charge on any atom is 0.255 e. The summed E-state index contributed by atoms with van der Waals surface area (Å²) >= 11 is 5.40. The van der Waals surface area contributed by atoms with E-state index in [0.29, 0.717) is 69.6 Å². The molecule has 0 saturated carbocycles. The van der Waals surface area contributed by atoms with Gasteiger partial charge in [0, 0.05) is 11.4 Å². The molecule has 11 heteroatoms. The van der Waals surface area contributed by atoms with Crippen molar-refractivity contribution in [1.29, 1.82) is 0 Å². The largest absolute Gasteiger partial charge is 0.492 e. The number of nitrogens with one attached hydrogen (secondary N) is 2. The van der Waals surface area contributed by atoms with Crippen molar-refractivity contribution in [1.82, 2.24) is 14.8 Å². The molecule has 3 aromatic carbocycles. The molecule has 254 valence electrons. The molecule has 2 heterocycles. The summed E-state index contributed by atoms with van der Waals surface area (Å²) in [6, 6.07) is 15.1. The van der Waals surface area contributed by atoms with Gasteiger partial charge in [0.2, 0.25) is 11.1 Å². The lowest BCUT2D eigenvalue weighted by Crippen LogP contribution is -2.31. The Morgan fingerprint density at radius 2 is 1.69 bits per heavy atom. The molecule has 1 atom stereocenters. The number of hydrogen-bond donors (Lipinski definition) is 2. The number of anilines is 2. The SMILES string of the molecule is CCCCSc1nc2n(n1)C(c1cc(Br)c(OCc3cc(C)c(C)cc3C)c(OCC)c1)C(C(=O)Nc1ccccc1OCC)=C(C)N2. The zero-order valence-corrected chi connectivity index (χ0v) is 31.1. The van der Waals surface area contributed by atoms with Gasteiger partial charge < -0.3 is 24.8 Å². The van der Waals surface area contributed by atoms with Crippen LogP contribution in [0.1, 0.15) is 74.4 Å². The van der Waals surface area contributed by atoms with Crippen LogP contribution in [0, 0.1) is 20.8 Å². The number of allylic oxidation sites excluding steroid dienone is 1. The molecule has 0 saturated heterocycles. The van der Waals surface area contributed by atoms with E-state index in [1.54, 1.807) is 16.4 Å². The van der Waals surface area contributed by atoms with Crippen LogP contribution in [0.4, 0.5) is 11.6 Å². The number of nitrogens with zero attached hydrogens (tertiary/aromatic N) is 3. The number of halogens is 1. The molecule has 1 aromatic heterocycles. The van der Waals surface area contributed by atoms with Gasteiger partial charge in [0.1, 0.15) is 18.4 Å². The van der Waals surface area contributed by atoms with Gasteiger partial charge in [0.25, 0.3) is 5.91 Å². The first-order valence-electron chi connectivity index (χ1n) is 16.4. The molecule has 1 aliphatic heterocycles. The fourth-order valence-electron chi connectivity index (χ4n) is 5.62. The van der Waals surface area contributed by atoms with Crippen LogP contribution in [-0.2, 0) is 11.4 Å². The van der Waals surface area contributed by atoms with Crippen LogP contribution < -0.4 is 24.8 Å². The molecule has 1 aliphatic rings. The summed E-state index contributed by atoms with van der Waals surface area (Å²) in [7, 11) is 0. The molecular weight excluding hydrogens is 690 g/mol. The Balaban J connectivity index is 1.56. The normalized spacial score (nSPS) is 14.0. The predicted octanol–water partition coefficient (Wildman–Crippen LogP) is 9.16. The highest BCUT2D eigenvalue weighted by atomic mass is 79.9. The van der Waals surface area contributed by atoms with Gasteiger partial charge in [0.15, 0.2) is 11.5 Å². The molecule has 0 spiro atoms. The molecule has 0 fully saturated rings. The number of rotatable bonds is 14. The number of fused-ring (bicyclic) bond motifs is 1. The minimum atomic E-state index is -0.611. The topological polar surface area (TPSA) is 99.5 Å². The first-order valence-corrected chi connectivity index (χ1v) is 18.2. The van der Waals surface area contributed by atoms with Crippen molar-refractivity contribution in [2.24, 2.45) is 0 Å². The maximum absolute atomic E-state index is 14.3. The molecule has 48 heavy (non-hydrogen) atoms. The summed E-state index contributed by atoms with van der Waals surface area (Å²) in [4.78, 5) is 19.1. The number of unbranched alkanes of at least 4 members (excludes halogenated alkanes) is 1. The fourth-order valence-corrected chi connectivity index (χ4v) is 7.10. The van der Waals surface area contributed by atoms with E-state index in [1.165, 1.54) is 16.7 Å². The van der Waals surface area contributed by atoms with Gasteiger partial charge >= 0.3 is 0 Å². The molecule has 1 amide bonds. The molecular formula is C37H44BrN5O4S. The van der Waals surface area contributed by atoms with Gasteiger partial charge in [-0.05, 0) is 116 Å². The van der Waals surface area contributed by atoms with Crippen LogP contribution in [0.25, 0.3) is 0 Å². The summed E-state index contributed by atoms with van der Waals surface area (Å²) in [5.41, 5.74) is 7.31. The van der Waals surface area contributed by atoms with Crippen molar-refractivity contribution in [3.8, 4) is 17.2 Å². The predicted molar refractivity (Wildman–Crippen MR) is 197 cm³/mol. The Labute approximate surface area is 296 Å². The number of aryl methyl sites for hydroxylation is 3. The lowest BCUT2D eigenvalue weighted by Gasteiger charge is -2.29. The number of para-hydroxylation sites is 2. The highest BCUT2D eigenvalue weighted by Crippen LogP contribution is 2.44. The summed E-state index contributed by atoms with van der Waals surface area (Å²) in [6.45, 7) is 15.5. The first kappa shape index (κ1) is 35.3. The van der Waals surface area contributed by atoms with Crippen molar-refractivity contribution in [3.05, 3.63) is 92.1 Å². The van der Waals surface area contributed by atoms with Crippen molar-refractivity contribution < 1.29 is 19.0 Å². The Hall–Kier alpha value is -3.96.